The second-order valence-electron chi connectivity index (χ2n) is 3.94. The number of hydrogen-bond acceptors (Lipinski definition) is 2. The van der Waals surface area contributed by atoms with Crippen LogP contribution in [0, 0.1) is 6.92 Å². The summed E-state index contributed by atoms with van der Waals surface area (Å²) in [5.41, 5.74) is 2.54. The molecule has 16 heavy (non-hydrogen) atoms. The maximum Gasteiger partial charge on any atom is 0.221 e. The van der Waals surface area contributed by atoms with Crippen molar-refractivity contribution in [2.24, 2.45) is 0 Å². The van der Waals surface area contributed by atoms with Gasteiger partial charge in [0.15, 0.2) is 0 Å². The average molecular weight is 220 g/mol. The van der Waals surface area contributed by atoms with Crippen LogP contribution in [0.25, 0.3) is 0 Å². The van der Waals surface area contributed by atoms with Gasteiger partial charge in [0.25, 0.3) is 0 Å². The SMILES string of the molecule is CNCCC(=O)NCCc1cccc(C)c1. The highest BCUT2D eigenvalue weighted by Crippen LogP contribution is 2.03. The lowest BCUT2D eigenvalue weighted by molar-refractivity contribution is -0.120. The molecule has 1 aromatic carbocycles. The third-order valence-corrected chi connectivity index (χ3v) is 2.42. The topological polar surface area (TPSA) is 41.1 Å². The molecule has 0 spiro atoms. The van der Waals surface area contributed by atoms with Crippen molar-refractivity contribution >= 4 is 5.91 Å². The second kappa shape index (κ2) is 7.01. The molecule has 0 fully saturated rings. The van der Waals surface area contributed by atoms with Gasteiger partial charge in [-0.25, -0.2) is 0 Å². The Morgan fingerprint density at radius 1 is 1.31 bits per heavy atom. The summed E-state index contributed by atoms with van der Waals surface area (Å²) in [6.07, 6.45) is 1.44. The highest BCUT2D eigenvalue weighted by atomic mass is 16.1. The van der Waals surface area contributed by atoms with Gasteiger partial charge < -0.3 is 10.6 Å². The number of carbonyl (C=O) groups is 1. The molecule has 0 aromatic heterocycles. The van der Waals surface area contributed by atoms with Crippen LogP contribution in [-0.4, -0.2) is 26.0 Å². The fourth-order valence-corrected chi connectivity index (χ4v) is 1.54. The Labute approximate surface area is 97.2 Å². The van der Waals surface area contributed by atoms with E-state index in [0.29, 0.717) is 13.0 Å². The van der Waals surface area contributed by atoms with Crippen LogP contribution in [-0.2, 0) is 11.2 Å². The Bertz CT molecular complexity index is 336. The molecule has 1 rings (SSSR count). The Kier molecular flexibility index (Phi) is 5.57. The molecular weight excluding hydrogens is 200 g/mol. The van der Waals surface area contributed by atoms with Gasteiger partial charge in [0.05, 0.1) is 0 Å². The van der Waals surface area contributed by atoms with Crippen LogP contribution in [0.15, 0.2) is 24.3 Å². The molecule has 0 radical (unpaired) electrons. The first kappa shape index (κ1) is 12.7. The van der Waals surface area contributed by atoms with Gasteiger partial charge in [0.1, 0.15) is 0 Å². The molecule has 0 saturated carbocycles. The van der Waals surface area contributed by atoms with E-state index in [2.05, 4.69) is 35.8 Å². The molecule has 3 heteroatoms. The number of amides is 1. The highest BCUT2D eigenvalue weighted by molar-refractivity contribution is 5.76. The van der Waals surface area contributed by atoms with E-state index in [0.717, 1.165) is 13.0 Å². The van der Waals surface area contributed by atoms with E-state index in [-0.39, 0.29) is 5.91 Å². The summed E-state index contributed by atoms with van der Waals surface area (Å²) in [5.74, 6) is 0.113. The number of rotatable bonds is 6. The molecule has 1 aromatic rings. The number of aryl methyl sites for hydroxylation is 1. The molecule has 2 N–H and O–H groups in total. The fourth-order valence-electron chi connectivity index (χ4n) is 1.54. The van der Waals surface area contributed by atoms with E-state index in [4.69, 9.17) is 0 Å². The maximum absolute atomic E-state index is 11.3. The average Bonchev–Trinajstić information content (AvgIpc) is 2.26. The zero-order valence-electron chi connectivity index (χ0n) is 10.0. The summed E-state index contributed by atoms with van der Waals surface area (Å²) in [6, 6.07) is 8.37. The number of benzene rings is 1. The number of nitrogens with one attached hydrogen (secondary N) is 2. The van der Waals surface area contributed by atoms with E-state index in [1.165, 1.54) is 11.1 Å². The first-order valence-corrected chi connectivity index (χ1v) is 5.69. The van der Waals surface area contributed by atoms with E-state index in [1.54, 1.807) is 0 Å². The van der Waals surface area contributed by atoms with Crippen LogP contribution in [0.5, 0.6) is 0 Å². The van der Waals surface area contributed by atoms with Crippen LogP contribution >= 0.6 is 0 Å². The Hall–Kier alpha value is -1.35. The molecule has 0 atom stereocenters. The van der Waals surface area contributed by atoms with Crippen molar-refractivity contribution in [2.75, 3.05) is 20.1 Å². The van der Waals surface area contributed by atoms with Gasteiger partial charge in [-0.3, -0.25) is 4.79 Å². The van der Waals surface area contributed by atoms with Crippen molar-refractivity contribution in [3.8, 4) is 0 Å². The minimum Gasteiger partial charge on any atom is -0.356 e. The monoisotopic (exact) mass is 220 g/mol. The van der Waals surface area contributed by atoms with Gasteiger partial charge in [-0.1, -0.05) is 29.8 Å². The maximum atomic E-state index is 11.3. The van der Waals surface area contributed by atoms with Crippen LogP contribution in [0.1, 0.15) is 17.5 Å². The fraction of sp³-hybridized carbons (Fsp3) is 0.462. The summed E-state index contributed by atoms with van der Waals surface area (Å²) >= 11 is 0. The van der Waals surface area contributed by atoms with Crippen molar-refractivity contribution in [2.45, 2.75) is 19.8 Å². The predicted octanol–water partition coefficient (Wildman–Crippen LogP) is 1.26. The summed E-state index contributed by atoms with van der Waals surface area (Å²) in [5, 5.41) is 5.86. The molecule has 1 amide bonds. The first-order valence-electron chi connectivity index (χ1n) is 5.69. The van der Waals surface area contributed by atoms with E-state index in [9.17, 15) is 4.79 Å². The van der Waals surface area contributed by atoms with Gasteiger partial charge in [-0.2, -0.15) is 0 Å². The molecule has 0 aliphatic heterocycles. The van der Waals surface area contributed by atoms with Crippen molar-refractivity contribution in [1.82, 2.24) is 10.6 Å². The molecule has 88 valence electrons. The van der Waals surface area contributed by atoms with Crippen molar-refractivity contribution in [3.63, 3.8) is 0 Å². The van der Waals surface area contributed by atoms with Crippen LogP contribution in [0.2, 0.25) is 0 Å². The van der Waals surface area contributed by atoms with Crippen LogP contribution in [0.3, 0.4) is 0 Å². The lowest BCUT2D eigenvalue weighted by atomic mass is 10.1. The van der Waals surface area contributed by atoms with Gasteiger partial charge >= 0.3 is 0 Å². The smallest absolute Gasteiger partial charge is 0.221 e. The van der Waals surface area contributed by atoms with Gasteiger partial charge in [0, 0.05) is 19.5 Å². The van der Waals surface area contributed by atoms with Crippen molar-refractivity contribution < 1.29 is 4.79 Å². The Balaban J connectivity index is 2.22. The van der Waals surface area contributed by atoms with Crippen molar-refractivity contribution in [3.05, 3.63) is 35.4 Å². The van der Waals surface area contributed by atoms with E-state index in [1.807, 2.05) is 13.1 Å². The van der Waals surface area contributed by atoms with Crippen LogP contribution in [0.4, 0.5) is 0 Å². The quantitative estimate of drug-likeness (QED) is 0.758. The third kappa shape index (κ3) is 4.94. The standard InChI is InChI=1S/C13H20N2O/c1-11-4-3-5-12(10-11)6-9-15-13(16)7-8-14-2/h3-5,10,14H,6-9H2,1-2H3,(H,15,16). The summed E-state index contributed by atoms with van der Waals surface area (Å²) in [6.45, 7) is 3.53. The predicted molar refractivity (Wildman–Crippen MR) is 66.4 cm³/mol. The first-order chi connectivity index (χ1) is 7.72. The van der Waals surface area contributed by atoms with Gasteiger partial charge in [-0.05, 0) is 26.0 Å². The molecule has 3 nitrogen and oxygen atoms in total. The summed E-state index contributed by atoms with van der Waals surface area (Å²) in [7, 11) is 1.85. The van der Waals surface area contributed by atoms with E-state index >= 15 is 0 Å². The van der Waals surface area contributed by atoms with Crippen LogP contribution < -0.4 is 10.6 Å². The lowest BCUT2D eigenvalue weighted by Crippen LogP contribution is -2.28. The summed E-state index contributed by atoms with van der Waals surface area (Å²) < 4.78 is 0. The normalized spacial score (nSPS) is 10.1. The van der Waals surface area contributed by atoms with Gasteiger partial charge in [0.2, 0.25) is 5.91 Å². The minimum absolute atomic E-state index is 0.113. The van der Waals surface area contributed by atoms with Gasteiger partial charge in [-0.15, -0.1) is 0 Å². The molecule has 0 saturated heterocycles. The Morgan fingerprint density at radius 3 is 2.81 bits per heavy atom. The molecule has 0 unspecified atom stereocenters. The largest absolute Gasteiger partial charge is 0.356 e. The van der Waals surface area contributed by atoms with Crippen molar-refractivity contribution in [1.29, 1.82) is 0 Å². The Morgan fingerprint density at radius 2 is 2.12 bits per heavy atom. The molecular formula is C13H20N2O. The minimum atomic E-state index is 0.113. The highest BCUT2D eigenvalue weighted by Gasteiger charge is 1.99. The zero-order chi connectivity index (χ0) is 11.8. The molecule has 0 aliphatic carbocycles. The lowest BCUT2D eigenvalue weighted by Gasteiger charge is -2.05. The number of hydrogen-bond donors (Lipinski definition) is 2. The zero-order valence-corrected chi connectivity index (χ0v) is 10.0. The molecule has 0 bridgehead atoms. The molecule has 0 heterocycles. The molecule has 0 aliphatic rings. The third-order valence-electron chi connectivity index (χ3n) is 2.42. The second-order valence-corrected chi connectivity index (χ2v) is 3.94. The van der Waals surface area contributed by atoms with E-state index < -0.39 is 0 Å². The number of carbonyl (C=O) groups excluding carboxylic acids is 1. The summed E-state index contributed by atoms with van der Waals surface area (Å²) in [4.78, 5) is 11.3.